The fraction of sp³-hybridized carbons (Fsp3) is 0.211. The van der Waals surface area contributed by atoms with Crippen LogP contribution in [0.4, 0.5) is 0 Å². The molecule has 4 rings (SSSR count). The number of nitrogens with zero attached hydrogens (tertiary/aromatic N) is 3. The number of aromatic nitrogens is 2. The van der Waals surface area contributed by atoms with Crippen LogP contribution >= 0.6 is 15.9 Å². The lowest BCUT2D eigenvalue weighted by molar-refractivity contribution is 0.205. The van der Waals surface area contributed by atoms with Crippen molar-refractivity contribution in [3.8, 4) is 11.3 Å². The van der Waals surface area contributed by atoms with E-state index in [9.17, 15) is 0 Å². The summed E-state index contributed by atoms with van der Waals surface area (Å²) in [6.07, 6.45) is 0. The van der Waals surface area contributed by atoms with Crippen LogP contribution in [0.2, 0.25) is 0 Å². The zero-order valence-electron chi connectivity index (χ0n) is 12.8. The minimum Gasteiger partial charge on any atom is -0.291 e. The molecule has 4 heteroatoms. The normalized spacial score (nSPS) is 14.7. The topological polar surface area (TPSA) is 21.1 Å². The Kier molecular flexibility index (Phi) is 4.02. The third-order valence-electron chi connectivity index (χ3n) is 4.27. The maximum atomic E-state index is 4.77. The Bertz CT molecular complexity index is 793. The number of hydrogen-bond donors (Lipinski definition) is 0. The summed E-state index contributed by atoms with van der Waals surface area (Å²) in [7, 11) is 0. The lowest BCUT2D eigenvalue weighted by atomic mass is 10.1. The van der Waals surface area contributed by atoms with Crippen molar-refractivity contribution in [2.24, 2.45) is 0 Å². The SMILES string of the molecule is Brc1ccc(-c2cc3n(n2)CCN(Cc2ccccc2)C3)cc1. The van der Waals surface area contributed by atoms with E-state index < -0.39 is 0 Å². The number of rotatable bonds is 3. The molecule has 0 amide bonds. The van der Waals surface area contributed by atoms with E-state index in [0.29, 0.717) is 0 Å². The molecule has 0 N–H and O–H groups in total. The van der Waals surface area contributed by atoms with Crippen LogP contribution in [0.25, 0.3) is 11.3 Å². The summed E-state index contributed by atoms with van der Waals surface area (Å²) in [5, 5.41) is 4.77. The second-order valence-corrected chi connectivity index (χ2v) is 6.86. The highest BCUT2D eigenvalue weighted by atomic mass is 79.9. The van der Waals surface area contributed by atoms with Crippen molar-refractivity contribution in [1.82, 2.24) is 14.7 Å². The molecule has 3 nitrogen and oxygen atoms in total. The standard InChI is InChI=1S/C19H18BrN3/c20-17-8-6-16(7-9-17)19-12-18-14-22(10-11-23(18)21-19)13-15-4-2-1-3-5-15/h1-9,12H,10-11,13-14H2. The molecular formula is C19H18BrN3. The van der Waals surface area contributed by atoms with Crippen molar-refractivity contribution in [1.29, 1.82) is 0 Å². The Morgan fingerprint density at radius 2 is 1.74 bits per heavy atom. The van der Waals surface area contributed by atoms with Gasteiger partial charge in [-0.25, -0.2) is 0 Å². The minimum absolute atomic E-state index is 0.957. The van der Waals surface area contributed by atoms with E-state index in [4.69, 9.17) is 5.10 Å². The van der Waals surface area contributed by atoms with Gasteiger partial charge in [0.2, 0.25) is 0 Å². The average molecular weight is 368 g/mol. The van der Waals surface area contributed by atoms with Crippen molar-refractivity contribution in [3.05, 3.63) is 76.4 Å². The smallest absolute Gasteiger partial charge is 0.0926 e. The summed E-state index contributed by atoms with van der Waals surface area (Å²) in [6, 6.07) is 21.2. The molecule has 0 aliphatic carbocycles. The van der Waals surface area contributed by atoms with Gasteiger partial charge in [-0.1, -0.05) is 58.4 Å². The number of hydrogen-bond acceptors (Lipinski definition) is 2. The highest BCUT2D eigenvalue weighted by Gasteiger charge is 2.18. The molecule has 1 aliphatic heterocycles. The molecule has 0 saturated heterocycles. The second-order valence-electron chi connectivity index (χ2n) is 5.95. The summed E-state index contributed by atoms with van der Waals surface area (Å²) >= 11 is 3.48. The lowest BCUT2D eigenvalue weighted by Crippen LogP contribution is -2.33. The van der Waals surface area contributed by atoms with Crippen LogP contribution in [0.3, 0.4) is 0 Å². The Hall–Kier alpha value is -1.91. The van der Waals surface area contributed by atoms with Crippen molar-refractivity contribution in [3.63, 3.8) is 0 Å². The van der Waals surface area contributed by atoms with Crippen LogP contribution in [0.5, 0.6) is 0 Å². The van der Waals surface area contributed by atoms with Gasteiger partial charge < -0.3 is 0 Å². The monoisotopic (exact) mass is 367 g/mol. The van der Waals surface area contributed by atoms with Crippen molar-refractivity contribution < 1.29 is 0 Å². The largest absolute Gasteiger partial charge is 0.291 e. The summed E-state index contributed by atoms with van der Waals surface area (Å²) < 4.78 is 3.25. The summed E-state index contributed by atoms with van der Waals surface area (Å²) in [4.78, 5) is 2.48. The molecule has 116 valence electrons. The molecule has 2 heterocycles. The molecule has 2 aromatic carbocycles. The molecule has 0 radical (unpaired) electrons. The first-order valence-corrected chi connectivity index (χ1v) is 8.66. The molecule has 0 fully saturated rings. The van der Waals surface area contributed by atoms with E-state index in [0.717, 1.165) is 36.3 Å². The van der Waals surface area contributed by atoms with Gasteiger partial charge in [-0.05, 0) is 23.8 Å². The van der Waals surface area contributed by atoms with Gasteiger partial charge in [-0.2, -0.15) is 5.10 Å². The van der Waals surface area contributed by atoms with E-state index in [2.05, 4.69) is 86.2 Å². The third kappa shape index (κ3) is 3.23. The first-order valence-electron chi connectivity index (χ1n) is 7.87. The lowest BCUT2D eigenvalue weighted by Gasteiger charge is -2.27. The van der Waals surface area contributed by atoms with Gasteiger partial charge in [0, 0.05) is 29.7 Å². The van der Waals surface area contributed by atoms with Crippen LogP contribution in [-0.2, 0) is 19.6 Å². The highest BCUT2D eigenvalue weighted by molar-refractivity contribution is 9.10. The number of fused-ring (bicyclic) bond motifs is 1. The molecular weight excluding hydrogens is 350 g/mol. The molecule has 0 spiro atoms. The molecule has 23 heavy (non-hydrogen) atoms. The first-order chi connectivity index (χ1) is 11.3. The van der Waals surface area contributed by atoms with Crippen molar-refractivity contribution in [2.75, 3.05) is 6.54 Å². The van der Waals surface area contributed by atoms with Gasteiger partial charge in [0.05, 0.1) is 17.9 Å². The predicted octanol–water partition coefficient (Wildman–Crippen LogP) is 4.33. The fourth-order valence-corrected chi connectivity index (χ4v) is 3.32. The summed E-state index contributed by atoms with van der Waals surface area (Å²) in [6.45, 7) is 3.96. The van der Waals surface area contributed by atoms with Gasteiger partial charge in [0.1, 0.15) is 0 Å². The third-order valence-corrected chi connectivity index (χ3v) is 4.79. The summed E-state index contributed by atoms with van der Waals surface area (Å²) in [5.74, 6) is 0. The van der Waals surface area contributed by atoms with E-state index >= 15 is 0 Å². The zero-order chi connectivity index (χ0) is 15.6. The molecule has 0 saturated carbocycles. The van der Waals surface area contributed by atoms with Gasteiger partial charge in [0.15, 0.2) is 0 Å². The first kappa shape index (κ1) is 14.7. The van der Waals surface area contributed by atoms with Gasteiger partial charge in [0.25, 0.3) is 0 Å². The Morgan fingerprint density at radius 1 is 0.957 bits per heavy atom. The average Bonchev–Trinajstić information content (AvgIpc) is 3.00. The Labute approximate surface area is 144 Å². The maximum absolute atomic E-state index is 4.77. The quantitative estimate of drug-likeness (QED) is 0.686. The Balaban J connectivity index is 1.52. The van der Waals surface area contributed by atoms with E-state index in [1.54, 1.807) is 0 Å². The van der Waals surface area contributed by atoms with E-state index in [1.165, 1.54) is 16.8 Å². The van der Waals surface area contributed by atoms with Crippen LogP contribution in [0.15, 0.2) is 65.1 Å². The van der Waals surface area contributed by atoms with Gasteiger partial charge >= 0.3 is 0 Å². The van der Waals surface area contributed by atoms with Crippen molar-refractivity contribution in [2.45, 2.75) is 19.6 Å². The second kappa shape index (κ2) is 6.30. The van der Waals surface area contributed by atoms with Crippen LogP contribution in [0.1, 0.15) is 11.3 Å². The van der Waals surface area contributed by atoms with Gasteiger partial charge in [-0.15, -0.1) is 0 Å². The van der Waals surface area contributed by atoms with Crippen LogP contribution in [0, 0.1) is 0 Å². The molecule has 1 aliphatic rings. The van der Waals surface area contributed by atoms with Crippen molar-refractivity contribution >= 4 is 15.9 Å². The zero-order valence-corrected chi connectivity index (χ0v) is 14.4. The summed E-state index contributed by atoms with van der Waals surface area (Å²) in [5.41, 5.74) is 4.90. The van der Waals surface area contributed by atoms with Crippen LogP contribution in [-0.4, -0.2) is 21.2 Å². The molecule has 0 unspecified atom stereocenters. The number of benzene rings is 2. The van der Waals surface area contributed by atoms with Gasteiger partial charge in [-0.3, -0.25) is 9.58 Å². The van der Waals surface area contributed by atoms with E-state index in [1.807, 2.05) is 0 Å². The molecule has 3 aromatic rings. The molecule has 1 aromatic heterocycles. The molecule has 0 bridgehead atoms. The minimum atomic E-state index is 0.957. The fourth-order valence-electron chi connectivity index (χ4n) is 3.06. The predicted molar refractivity (Wildman–Crippen MR) is 95.9 cm³/mol. The Morgan fingerprint density at radius 3 is 2.52 bits per heavy atom. The highest BCUT2D eigenvalue weighted by Crippen LogP contribution is 2.24. The van der Waals surface area contributed by atoms with Crippen LogP contribution < -0.4 is 0 Å². The molecule has 0 atom stereocenters. The number of halogens is 1. The maximum Gasteiger partial charge on any atom is 0.0926 e. The van der Waals surface area contributed by atoms with E-state index in [-0.39, 0.29) is 0 Å².